The lowest BCUT2D eigenvalue weighted by Crippen LogP contribution is -2.03. The highest BCUT2D eigenvalue weighted by atomic mass is 79.9. The van der Waals surface area contributed by atoms with E-state index in [0.717, 1.165) is 10.2 Å². The monoisotopic (exact) mass is 498 g/mol. The molecule has 13 nitrogen and oxygen atoms in total. The van der Waals surface area contributed by atoms with Gasteiger partial charge in [0.25, 0.3) is 5.69 Å². The first-order valence-electron chi connectivity index (χ1n) is 8.97. The van der Waals surface area contributed by atoms with E-state index in [1.807, 2.05) is 24.3 Å². The second-order valence-electron chi connectivity index (χ2n) is 6.36. The summed E-state index contributed by atoms with van der Waals surface area (Å²) in [5.74, 6) is 1.20. The minimum absolute atomic E-state index is 0.00222. The minimum Gasteiger partial charge on any atom is -0.454 e. The predicted octanol–water partition coefficient (Wildman–Crippen LogP) is 3.60. The molecule has 2 N–H and O–H groups in total. The fraction of sp³-hybridized carbons (Fsp3) is 0.0556. The lowest BCUT2D eigenvalue weighted by molar-refractivity contribution is -0.385. The molecule has 1 aliphatic heterocycles. The van der Waals surface area contributed by atoms with Gasteiger partial charge in [0.15, 0.2) is 23.1 Å². The van der Waals surface area contributed by atoms with Crippen LogP contribution in [0.4, 0.5) is 23.0 Å². The summed E-state index contributed by atoms with van der Waals surface area (Å²) in [4.78, 5) is 19.5. The number of hydrazone groups is 1. The van der Waals surface area contributed by atoms with Gasteiger partial charge < -0.3 is 14.8 Å². The summed E-state index contributed by atoms with van der Waals surface area (Å²) in [7, 11) is 0. The van der Waals surface area contributed by atoms with E-state index < -0.39 is 4.92 Å². The van der Waals surface area contributed by atoms with Crippen LogP contribution in [0, 0.1) is 10.1 Å². The summed E-state index contributed by atoms with van der Waals surface area (Å²) >= 11 is 3.38. The number of ether oxygens (including phenoxy) is 2. The summed E-state index contributed by atoms with van der Waals surface area (Å²) in [6, 6.07) is 10.1. The number of rotatable bonds is 6. The molecule has 2 aromatic heterocycles. The van der Waals surface area contributed by atoms with Crippen LogP contribution in [-0.4, -0.2) is 38.2 Å². The van der Waals surface area contributed by atoms with Gasteiger partial charge in [-0.15, -0.1) is 0 Å². The summed E-state index contributed by atoms with van der Waals surface area (Å²) < 4.78 is 16.1. The van der Waals surface area contributed by atoms with Crippen molar-refractivity contribution in [3.63, 3.8) is 0 Å². The molecule has 0 amide bonds. The molecule has 3 heterocycles. The van der Waals surface area contributed by atoms with Crippen LogP contribution in [-0.2, 0) is 0 Å². The third-order valence-electron chi connectivity index (χ3n) is 4.31. The van der Waals surface area contributed by atoms with E-state index in [2.05, 4.69) is 56.7 Å². The van der Waals surface area contributed by atoms with Gasteiger partial charge in [-0.25, -0.2) is 9.61 Å². The molecule has 14 heteroatoms. The SMILES string of the molecule is O=[N+]([O-])c1cc2c(cc1/C=N/Nc1nc3nonc3nc1Nc1ccc(Br)cc1)OCO2. The third-order valence-corrected chi connectivity index (χ3v) is 4.84. The Balaban J connectivity index is 1.45. The number of nitro groups is 1. The van der Waals surface area contributed by atoms with Gasteiger partial charge in [0.2, 0.25) is 18.1 Å². The lowest BCUT2D eigenvalue weighted by atomic mass is 10.1. The van der Waals surface area contributed by atoms with Crippen molar-refractivity contribution in [2.75, 3.05) is 17.5 Å². The smallest absolute Gasteiger partial charge is 0.282 e. The number of hydrogen-bond acceptors (Lipinski definition) is 12. The van der Waals surface area contributed by atoms with Gasteiger partial charge in [0.1, 0.15) is 0 Å². The van der Waals surface area contributed by atoms with Gasteiger partial charge in [0.05, 0.1) is 22.8 Å². The topological polar surface area (TPSA) is 163 Å². The van der Waals surface area contributed by atoms with E-state index in [0.29, 0.717) is 17.3 Å². The van der Waals surface area contributed by atoms with Crippen molar-refractivity contribution < 1.29 is 19.0 Å². The molecule has 0 spiro atoms. The maximum absolute atomic E-state index is 11.4. The van der Waals surface area contributed by atoms with Crippen molar-refractivity contribution in [2.24, 2.45) is 5.10 Å². The number of benzene rings is 2. The van der Waals surface area contributed by atoms with E-state index in [1.54, 1.807) is 0 Å². The standard InChI is InChI=1S/C18H11BrN8O5/c19-10-1-3-11(4-2-10)21-15-16(23-18-17(22-15)25-32-26-18)24-20-7-9-5-13-14(31-8-30-13)6-12(9)27(28)29/h1-7H,8H2,(H,21,22,25)(H,23,24,26)/b20-7+. The van der Waals surface area contributed by atoms with Gasteiger partial charge >= 0.3 is 0 Å². The summed E-state index contributed by atoms with van der Waals surface area (Å²) in [6.45, 7) is -0.00222. The normalized spacial score (nSPS) is 12.4. The number of nitrogens with one attached hydrogen (secondary N) is 2. The number of anilines is 3. The molecule has 0 atom stereocenters. The molecule has 0 saturated carbocycles. The Morgan fingerprint density at radius 2 is 1.75 bits per heavy atom. The zero-order chi connectivity index (χ0) is 22.1. The quantitative estimate of drug-likeness (QED) is 0.226. The molecule has 2 aromatic carbocycles. The highest BCUT2D eigenvalue weighted by Crippen LogP contribution is 2.37. The maximum Gasteiger partial charge on any atom is 0.282 e. The van der Waals surface area contributed by atoms with Crippen LogP contribution in [0.1, 0.15) is 5.56 Å². The molecular formula is C18H11BrN8O5. The van der Waals surface area contributed by atoms with Crippen LogP contribution in [0.25, 0.3) is 11.3 Å². The molecule has 5 rings (SSSR count). The van der Waals surface area contributed by atoms with Crippen LogP contribution >= 0.6 is 15.9 Å². The molecule has 160 valence electrons. The number of aromatic nitrogens is 4. The summed E-state index contributed by atoms with van der Waals surface area (Å²) in [5, 5.41) is 26.0. The van der Waals surface area contributed by atoms with Crippen LogP contribution in [0.3, 0.4) is 0 Å². The zero-order valence-corrected chi connectivity index (χ0v) is 17.4. The van der Waals surface area contributed by atoms with Crippen LogP contribution in [0.15, 0.2) is 50.6 Å². The maximum atomic E-state index is 11.4. The highest BCUT2D eigenvalue weighted by molar-refractivity contribution is 9.10. The molecule has 32 heavy (non-hydrogen) atoms. The first-order valence-corrected chi connectivity index (χ1v) is 9.76. The van der Waals surface area contributed by atoms with Crippen molar-refractivity contribution in [3.05, 3.63) is 56.5 Å². The van der Waals surface area contributed by atoms with E-state index in [-0.39, 0.29) is 35.2 Å². The van der Waals surface area contributed by atoms with E-state index in [9.17, 15) is 10.1 Å². The number of nitro benzene ring substituents is 1. The Kier molecular flexibility index (Phi) is 4.95. The Hall–Kier alpha value is -4.33. The molecule has 0 unspecified atom stereocenters. The van der Waals surface area contributed by atoms with Gasteiger partial charge in [-0.3, -0.25) is 15.5 Å². The lowest BCUT2D eigenvalue weighted by Gasteiger charge is -2.09. The van der Waals surface area contributed by atoms with Crippen molar-refractivity contribution in [3.8, 4) is 11.5 Å². The van der Waals surface area contributed by atoms with Gasteiger partial charge in [-0.2, -0.15) is 10.1 Å². The molecule has 0 saturated heterocycles. The zero-order valence-electron chi connectivity index (χ0n) is 15.9. The Morgan fingerprint density at radius 1 is 1.06 bits per heavy atom. The Bertz CT molecular complexity index is 1360. The number of hydrogen-bond donors (Lipinski definition) is 2. The van der Waals surface area contributed by atoms with Crippen molar-refractivity contribution in [1.82, 2.24) is 20.3 Å². The first-order chi connectivity index (χ1) is 15.6. The van der Waals surface area contributed by atoms with E-state index in [1.165, 1.54) is 18.3 Å². The number of fused-ring (bicyclic) bond motifs is 2. The fourth-order valence-corrected chi connectivity index (χ4v) is 3.11. The van der Waals surface area contributed by atoms with Gasteiger partial charge in [0, 0.05) is 10.2 Å². The van der Waals surface area contributed by atoms with Crippen molar-refractivity contribution in [2.45, 2.75) is 0 Å². The molecule has 0 bridgehead atoms. The van der Waals surface area contributed by atoms with E-state index in [4.69, 9.17) is 9.47 Å². The first kappa shape index (κ1) is 19.6. The number of halogens is 1. The molecular weight excluding hydrogens is 488 g/mol. The molecule has 0 fully saturated rings. The van der Waals surface area contributed by atoms with E-state index >= 15 is 0 Å². The fourth-order valence-electron chi connectivity index (χ4n) is 2.84. The van der Waals surface area contributed by atoms with Crippen molar-refractivity contribution in [1.29, 1.82) is 0 Å². The molecule has 1 aliphatic rings. The summed E-state index contributed by atoms with van der Waals surface area (Å²) in [6.07, 6.45) is 1.27. The second-order valence-corrected chi connectivity index (χ2v) is 7.27. The van der Waals surface area contributed by atoms with Gasteiger partial charge in [-0.1, -0.05) is 15.9 Å². The average molecular weight is 499 g/mol. The largest absolute Gasteiger partial charge is 0.454 e. The average Bonchev–Trinajstić information content (AvgIpc) is 3.43. The minimum atomic E-state index is -0.531. The van der Waals surface area contributed by atoms with Crippen LogP contribution in [0.5, 0.6) is 11.5 Å². The van der Waals surface area contributed by atoms with Gasteiger partial charge in [-0.05, 0) is 40.6 Å². The highest BCUT2D eigenvalue weighted by Gasteiger charge is 2.22. The predicted molar refractivity (Wildman–Crippen MR) is 115 cm³/mol. The summed E-state index contributed by atoms with van der Waals surface area (Å²) in [5.41, 5.74) is 3.86. The van der Waals surface area contributed by atoms with Crippen molar-refractivity contribution >= 4 is 56.4 Å². The molecule has 0 aliphatic carbocycles. The second kappa shape index (κ2) is 8.07. The van der Waals surface area contributed by atoms with Crippen LogP contribution in [0.2, 0.25) is 0 Å². The Labute approximate surface area is 186 Å². The number of nitrogens with zero attached hydrogens (tertiary/aromatic N) is 6. The van der Waals surface area contributed by atoms with Crippen LogP contribution < -0.4 is 20.2 Å². The third kappa shape index (κ3) is 3.85. The molecule has 4 aromatic rings. The Morgan fingerprint density at radius 3 is 2.47 bits per heavy atom. The molecule has 0 radical (unpaired) electrons.